The lowest BCUT2D eigenvalue weighted by Gasteiger charge is -2.23. The molecule has 2 aromatic carbocycles. The Bertz CT molecular complexity index is 1270. The second-order valence-corrected chi connectivity index (χ2v) is 8.34. The van der Waals surface area contributed by atoms with Gasteiger partial charge in [-0.1, -0.05) is 12.1 Å². The van der Waals surface area contributed by atoms with Gasteiger partial charge in [-0.3, -0.25) is 9.78 Å². The molecule has 1 aromatic heterocycles. The molecule has 3 aromatic rings. The van der Waals surface area contributed by atoms with Crippen LogP contribution < -0.4 is 14.4 Å². The second kappa shape index (κ2) is 8.30. The van der Waals surface area contributed by atoms with Crippen LogP contribution in [0.2, 0.25) is 0 Å². The van der Waals surface area contributed by atoms with Crippen LogP contribution in [-0.2, 0) is 11.3 Å². The molecule has 0 radical (unpaired) electrons. The fourth-order valence-corrected chi connectivity index (χ4v) is 4.32. The second-order valence-electron chi connectivity index (χ2n) is 8.34. The van der Waals surface area contributed by atoms with Crippen molar-refractivity contribution >= 4 is 17.6 Å². The monoisotopic (exact) mass is 483 g/mol. The van der Waals surface area contributed by atoms with Gasteiger partial charge in [-0.15, -0.1) is 13.2 Å². The minimum atomic E-state index is -4.83. The van der Waals surface area contributed by atoms with E-state index in [2.05, 4.69) is 9.72 Å². The van der Waals surface area contributed by atoms with Gasteiger partial charge in [-0.25, -0.2) is 9.69 Å². The van der Waals surface area contributed by atoms with Crippen molar-refractivity contribution in [2.75, 3.05) is 12.0 Å². The third-order valence-electron chi connectivity index (χ3n) is 6.23. The number of imide groups is 1. The summed E-state index contributed by atoms with van der Waals surface area (Å²) >= 11 is 0. The number of hydrogen-bond acceptors (Lipinski definition) is 5. The van der Waals surface area contributed by atoms with Gasteiger partial charge in [0.25, 0.3) is 5.91 Å². The fraction of sp³-hybridized carbons (Fsp3) is 0.240. The molecule has 0 atom stereocenters. The zero-order chi connectivity index (χ0) is 24.8. The summed E-state index contributed by atoms with van der Waals surface area (Å²) < 4.78 is 46.5. The zero-order valence-electron chi connectivity index (χ0n) is 18.6. The Labute approximate surface area is 198 Å². The number of carbonyl (C=O) groups excluding carboxylic acids is 2. The highest BCUT2D eigenvalue weighted by molar-refractivity contribution is 6.24. The summed E-state index contributed by atoms with van der Waals surface area (Å²) in [4.78, 5) is 33.5. The Hall–Kier alpha value is -4.08. The lowest BCUT2D eigenvalue weighted by Crippen LogP contribution is -2.36. The number of hydrogen-bond donors (Lipinski definition) is 0. The number of ether oxygens (including phenoxy) is 2. The van der Waals surface area contributed by atoms with Gasteiger partial charge < -0.3 is 14.4 Å². The highest BCUT2D eigenvalue weighted by Crippen LogP contribution is 2.50. The molecule has 7 nitrogen and oxygen atoms in total. The lowest BCUT2D eigenvalue weighted by molar-refractivity contribution is -0.274. The number of urea groups is 1. The predicted octanol–water partition coefficient (Wildman–Crippen LogP) is 5.16. The van der Waals surface area contributed by atoms with Crippen LogP contribution in [0, 0.1) is 0 Å². The van der Waals surface area contributed by atoms with E-state index in [1.54, 1.807) is 25.6 Å². The van der Waals surface area contributed by atoms with E-state index < -0.39 is 23.7 Å². The van der Waals surface area contributed by atoms with Crippen molar-refractivity contribution in [1.29, 1.82) is 0 Å². The number of aromatic nitrogens is 1. The van der Waals surface area contributed by atoms with E-state index in [1.807, 2.05) is 24.3 Å². The Kier molecular flexibility index (Phi) is 5.38. The number of amides is 3. The number of anilines is 1. The Morgan fingerprint density at radius 3 is 2.23 bits per heavy atom. The van der Waals surface area contributed by atoms with Gasteiger partial charge in [-0.2, -0.15) is 0 Å². The van der Waals surface area contributed by atoms with E-state index in [4.69, 9.17) is 4.74 Å². The van der Waals surface area contributed by atoms with Crippen LogP contribution in [0.25, 0.3) is 11.1 Å². The molecule has 2 aliphatic rings. The van der Waals surface area contributed by atoms with E-state index in [0.717, 1.165) is 33.7 Å². The third-order valence-corrected chi connectivity index (χ3v) is 6.23. The minimum Gasteiger partial charge on any atom is -0.497 e. The number of carbonyl (C=O) groups is 2. The van der Waals surface area contributed by atoms with E-state index in [0.29, 0.717) is 18.6 Å². The lowest BCUT2D eigenvalue weighted by atomic mass is 10.0. The molecule has 35 heavy (non-hydrogen) atoms. The number of pyridine rings is 1. The van der Waals surface area contributed by atoms with Gasteiger partial charge in [-0.05, 0) is 66.4 Å². The summed E-state index contributed by atoms with van der Waals surface area (Å²) in [5.41, 5.74) is 1.76. The molecular formula is C25H20F3N3O4. The molecule has 5 rings (SSSR count). The molecule has 180 valence electrons. The van der Waals surface area contributed by atoms with Gasteiger partial charge in [0.15, 0.2) is 0 Å². The van der Waals surface area contributed by atoms with Gasteiger partial charge in [0.1, 0.15) is 17.0 Å². The van der Waals surface area contributed by atoms with Crippen LogP contribution in [-0.4, -0.2) is 40.8 Å². The number of alkyl halides is 3. The van der Waals surface area contributed by atoms with E-state index in [9.17, 15) is 22.8 Å². The van der Waals surface area contributed by atoms with Crippen LogP contribution >= 0.6 is 0 Å². The first-order valence-electron chi connectivity index (χ1n) is 10.8. The van der Waals surface area contributed by atoms with Crippen molar-refractivity contribution in [2.24, 2.45) is 0 Å². The Morgan fingerprint density at radius 1 is 0.971 bits per heavy atom. The predicted molar refractivity (Wildman–Crippen MR) is 120 cm³/mol. The number of benzene rings is 2. The van der Waals surface area contributed by atoms with Crippen molar-refractivity contribution in [1.82, 2.24) is 9.88 Å². The maximum atomic E-state index is 13.4. The molecule has 2 fully saturated rings. The van der Waals surface area contributed by atoms with Gasteiger partial charge >= 0.3 is 12.4 Å². The number of nitrogens with zero attached hydrogens (tertiary/aromatic N) is 3. The molecule has 1 aliphatic heterocycles. The normalized spacial score (nSPS) is 16.7. The summed E-state index contributed by atoms with van der Waals surface area (Å²) in [6, 6.07) is 13.4. The third kappa shape index (κ3) is 4.16. The van der Waals surface area contributed by atoms with Crippen LogP contribution in [0.5, 0.6) is 11.5 Å². The van der Waals surface area contributed by atoms with Crippen LogP contribution in [0.15, 0.2) is 67.0 Å². The fourth-order valence-electron chi connectivity index (χ4n) is 4.32. The quantitative estimate of drug-likeness (QED) is 0.453. The van der Waals surface area contributed by atoms with Crippen LogP contribution in [0.3, 0.4) is 0 Å². The molecule has 2 heterocycles. The standard InChI is InChI=1S/C25H20F3N3O4/c1-34-19-6-2-16(3-7-19)21-14-29-13-10-17(21)15-30-23(33)31(22(32)24(30)11-12-24)18-4-8-20(9-5-18)35-25(26,27)28/h2-10,13-14H,11-12,15H2,1H3. The van der Waals surface area contributed by atoms with Crippen molar-refractivity contribution in [2.45, 2.75) is 31.3 Å². The van der Waals surface area contributed by atoms with Crippen molar-refractivity contribution < 1.29 is 32.2 Å². The maximum absolute atomic E-state index is 13.4. The summed E-state index contributed by atoms with van der Waals surface area (Å²) in [6.07, 6.45) is -0.460. The molecule has 0 N–H and O–H groups in total. The van der Waals surface area contributed by atoms with Gasteiger partial charge in [0.05, 0.1) is 12.8 Å². The van der Waals surface area contributed by atoms with Crippen LogP contribution in [0.1, 0.15) is 18.4 Å². The topological polar surface area (TPSA) is 72.0 Å². The van der Waals surface area contributed by atoms with Crippen molar-refractivity contribution in [3.63, 3.8) is 0 Å². The van der Waals surface area contributed by atoms with E-state index in [-0.39, 0.29) is 18.1 Å². The highest BCUT2D eigenvalue weighted by atomic mass is 19.4. The maximum Gasteiger partial charge on any atom is 0.573 e. The zero-order valence-corrected chi connectivity index (χ0v) is 18.6. The first-order valence-corrected chi connectivity index (χ1v) is 10.8. The molecular weight excluding hydrogens is 463 g/mol. The molecule has 10 heteroatoms. The Morgan fingerprint density at radius 2 is 1.63 bits per heavy atom. The summed E-state index contributed by atoms with van der Waals surface area (Å²) in [5, 5.41) is 0. The van der Waals surface area contributed by atoms with Crippen molar-refractivity contribution in [3.05, 3.63) is 72.6 Å². The average Bonchev–Trinajstić information content (AvgIpc) is 3.61. The summed E-state index contributed by atoms with van der Waals surface area (Å²) in [6.45, 7) is 0.181. The highest BCUT2D eigenvalue weighted by Gasteiger charge is 2.65. The molecule has 1 spiro atoms. The van der Waals surface area contributed by atoms with E-state index in [1.165, 1.54) is 17.0 Å². The molecule has 0 bridgehead atoms. The van der Waals surface area contributed by atoms with Gasteiger partial charge in [0, 0.05) is 24.5 Å². The summed E-state index contributed by atoms with van der Waals surface area (Å²) in [7, 11) is 1.58. The molecule has 1 aliphatic carbocycles. The summed E-state index contributed by atoms with van der Waals surface area (Å²) in [5.74, 6) is -0.106. The number of rotatable bonds is 6. The molecule has 1 saturated heterocycles. The number of halogens is 3. The van der Waals surface area contributed by atoms with Gasteiger partial charge in [0.2, 0.25) is 0 Å². The van der Waals surface area contributed by atoms with E-state index >= 15 is 0 Å². The Balaban J connectivity index is 1.42. The SMILES string of the molecule is COc1ccc(-c2cnccc2CN2C(=O)N(c3ccc(OC(F)(F)F)cc3)C(=O)C23CC3)cc1. The average molecular weight is 483 g/mol. The minimum absolute atomic E-state index is 0.181. The molecule has 0 unspecified atom stereocenters. The van der Waals surface area contributed by atoms with Crippen LogP contribution in [0.4, 0.5) is 23.7 Å². The molecule has 3 amide bonds. The smallest absolute Gasteiger partial charge is 0.497 e. The number of methoxy groups -OCH3 is 1. The first kappa shape index (κ1) is 22.7. The molecule has 1 saturated carbocycles. The largest absolute Gasteiger partial charge is 0.573 e. The first-order chi connectivity index (χ1) is 16.7. The van der Waals surface area contributed by atoms with Crippen molar-refractivity contribution in [3.8, 4) is 22.6 Å².